The quantitative estimate of drug-likeness (QED) is 0.111. The van der Waals surface area contributed by atoms with Crippen LogP contribution in [0.15, 0.2) is 21.9 Å². The van der Waals surface area contributed by atoms with E-state index in [9.17, 15) is 8.42 Å². The number of sulfone groups is 1. The molecule has 2 nitrogen and oxygen atoms in total. The van der Waals surface area contributed by atoms with Crippen LogP contribution < -0.4 is 0 Å². The van der Waals surface area contributed by atoms with Crippen LogP contribution in [0.5, 0.6) is 0 Å². The maximum Gasteiger partial charge on any atom is 0.179 e. The molecule has 2 heterocycles. The molecule has 36 heavy (non-hydrogen) atoms. The van der Waals surface area contributed by atoms with Crippen molar-refractivity contribution in [2.45, 2.75) is 140 Å². The molecule has 206 valence electrons. The first-order valence-corrected chi connectivity index (χ1v) is 18.7. The number of hydrogen-bond donors (Lipinski definition) is 0. The lowest BCUT2D eigenvalue weighted by atomic mass is 10.1. The summed E-state index contributed by atoms with van der Waals surface area (Å²) in [5.41, 5.74) is 0. The number of thioether (sulfide) groups is 1. The molecule has 0 aliphatic rings. The van der Waals surface area contributed by atoms with Gasteiger partial charge in [-0.1, -0.05) is 104 Å². The van der Waals surface area contributed by atoms with Gasteiger partial charge in [0.1, 0.15) is 0 Å². The van der Waals surface area contributed by atoms with E-state index in [4.69, 9.17) is 0 Å². The smallest absolute Gasteiger partial charge is 0.179 e. The largest absolute Gasteiger partial charge is 0.224 e. The van der Waals surface area contributed by atoms with Gasteiger partial charge in [-0.05, 0) is 44.6 Å². The van der Waals surface area contributed by atoms with E-state index in [2.05, 4.69) is 26.8 Å². The van der Waals surface area contributed by atoms with Crippen LogP contribution in [0.4, 0.5) is 0 Å². The molecule has 0 fully saturated rings. The van der Waals surface area contributed by atoms with Crippen LogP contribution in [-0.4, -0.2) is 19.9 Å². The highest BCUT2D eigenvalue weighted by Gasteiger charge is 2.23. The normalized spacial score (nSPS) is 12.0. The Morgan fingerprint density at radius 1 is 0.694 bits per heavy atom. The van der Waals surface area contributed by atoms with Crippen molar-refractivity contribution in [3.63, 3.8) is 0 Å². The zero-order valence-electron chi connectivity index (χ0n) is 23.3. The molecule has 0 aromatic carbocycles. The molecule has 0 unspecified atom stereocenters. The van der Waals surface area contributed by atoms with Gasteiger partial charge in [0, 0.05) is 19.5 Å². The molecule has 2 aromatic heterocycles. The van der Waals surface area contributed by atoms with Crippen molar-refractivity contribution in [2.24, 2.45) is 0 Å². The topological polar surface area (TPSA) is 34.1 Å². The Labute approximate surface area is 235 Å². The molecular formula is C30H50O2S4. The number of aryl methyl sites for hydroxylation is 2. The minimum atomic E-state index is -3.25. The fourth-order valence-electron chi connectivity index (χ4n) is 4.57. The van der Waals surface area contributed by atoms with Gasteiger partial charge in [0.25, 0.3) is 0 Å². The SMILES string of the molecule is CCCCCCCCCCSc1cc(-c2sc(C)cc2S(=O)(=O)CCCCCCCCCC)sc1C. The summed E-state index contributed by atoms with van der Waals surface area (Å²) in [6.07, 6.45) is 20.1. The van der Waals surface area contributed by atoms with Crippen molar-refractivity contribution < 1.29 is 8.42 Å². The van der Waals surface area contributed by atoms with Crippen molar-refractivity contribution in [2.75, 3.05) is 11.5 Å². The van der Waals surface area contributed by atoms with E-state index in [1.165, 1.54) is 93.2 Å². The summed E-state index contributed by atoms with van der Waals surface area (Å²) in [5.74, 6) is 1.43. The van der Waals surface area contributed by atoms with Crippen LogP contribution in [-0.2, 0) is 9.84 Å². The lowest BCUT2D eigenvalue weighted by Crippen LogP contribution is -2.06. The Hall–Kier alpha value is -0.300. The maximum absolute atomic E-state index is 13.3. The first-order chi connectivity index (χ1) is 17.4. The number of thiophene rings is 2. The van der Waals surface area contributed by atoms with Crippen molar-refractivity contribution in [1.29, 1.82) is 0 Å². The molecule has 6 heteroatoms. The average molecular weight is 571 g/mol. The van der Waals surface area contributed by atoms with Gasteiger partial charge >= 0.3 is 0 Å². The van der Waals surface area contributed by atoms with Gasteiger partial charge in [0.15, 0.2) is 9.84 Å². The Morgan fingerprint density at radius 3 is 1.81 bits per heavy atom. The monoisotopic (exact) mass is 570 g/mol. The zero-order valence-corrected chi connectivity index (χ0v) is 26.6. The molecule has 0 spiro atoms. The summed E-state index contributed by atoms with van der Waals surface area (Å²) in [7, 11) is -3.25. The van der Waals surface area contributed by atoms with Gasteiger partial charge in [0.2, 0.25) is 0 Å². The fourth-order valence-corrected chi connectivity index (χ4v) is 10.1. The molecule has 0 radical (unpaired) electrons. The minimum Gasteiger partial charge on any atom is -0.224 e. The molecule has 2 aromatic rings. The molecule has 0 bridgehead atoms. The van der Waals surface area contributed by atoms with Crippen LogP contribution in [0.2, 0.25) is 0 Å². The second-order valence-electron chi connectivity index (χ2n) is 10.2. The highest BCUT2D eigenvalue weighted by atomic mass is 32.2. The average Bonchev–Trinajstić information content (AvgIpc) is 3.42. The van der Waals surface area contributed by atoms with Gasteiger partial charge in [-0.3, -0.25) is 0 Å². The highest BCUT2D eigenvalue weighted by Crippen LogP contribution is 2.43. The fraction of sp³-hybridized carbons (Fsp3) is 0.733. The molecule has 0 saturated heterocycles. The van der Waals surface area contributed by atoms with E-state index < -0.39 is 9.84 Å². The molecule has 0 amide bonds. The molecule has 0 atom stereocenters. The second kappa shape index (κ2) is 18.1. The molecular weight excluding hydrogens is 521 g/mol. The Morgan fingerprint density at radius 2 is 1.22 bits per heavy atom. The third-order valence-electron chi connectivity index (χ3n) is 6.77. The van der Waals surface area contributed by atoms with Gasteiger partial charge in [0.05, 0.1) is 15.5 Å². The Bertz CT molecular complexity index is 956. The molecule has 0 aliphatic heterocycles. The first-order valence-electron chi connectivity index (χ1n) is 14.5. The maximum atomic E-state index is 13.3. The van der Waals surface area contributed by atoms with E-state index in [-0.39, 0.29) is 5.75 Å². The third kappa shape index (κ3) is 11.6. The first kappa shape index (κ1) is 31.9. The van der Waals surface area contributed by atoms with E-state index in [1.807, 2.05) is 24.8 Å². The van der Waals surface area contributed by atoms with Gasteiger partial charge < -0.3 is 0 Å². The van der Waals surface area contributed by atoms with Crippen LogP contribution in [0.25, 0.3) is 9.75 Å². The predicted octanol–water partition coefficient (Wildman–Crippen LogP) is 11.2. The summed E-state index contributed by atoms with van der Waals surface area (Å²) in [4.78, 5) is 6.37. The van der Waals surface area contributed by atoms with Crippen LogP contribution in [0.1, 0.15) is 126 Å². The lowest BCUT2D eigenvalue weighted by Gasteiger charge is -2.05. The zero-order chi connectivity index (χ0) is 26.2. The van der Waals surface area contributed by atoms with Crippen LogP contribution >= 0.6 is 34.4 Å². The van der Waals surface area contributed by atoms with E-state index >= 15 is 0 Å². The highest BCUT2D eigenvalue weighted by molar-refractivity contribution is 7.99. The Balaban J connectivity index is 1.85. The summed E-state index contributed by atoms with van der Waals surface area (Å²) in [6, 6.07) is 4.15. The van der Waals surface area contributed by atoms with E-state index in [1.54, 1.807) is 22.7 Å². The summed E-state index contributed by atoms with van der Waals surface area (Å²) < 4.78 is 26.5. The molecule has 2 rings (SSSR count). The Kier molecular flexibility index (Phi) is 16.0. The van der Waals surface area contributed by atoms with Crippen LogP contribution in [0.3, 0.4) is 0 Å². The molecule has 0 aliphatic carbocycles. The standard InChI is InChI=1S/C30H50O2S4/c1-5-7-9-11-13-15-17-19-21-33-27-24-28(35-26(27)4)30-29(23-25(3)34-30)36(31,32)22-20-18-16-14-12-10-8-6-2/h23-24H,5-22H2,1-4H3. The van der Waals surface area contributed by atoms with Gasteiger partial charge in [-0.2, -0.15) is 0 Å². The summed E-state index contributed by atoms with van der Waals surface area (Å²) >= 11 is 5.34. The molecule has 0 N–H and O–H groups in total. The van der Waals surface area contributed by atoms with Crippen molar-refractivity contribution in [3.05, 3.63) is 21.9 Å². The van der Waals surface area contributed by atoms with E-state index in [0.717, 1.165) is 39.6 Å². The van der Waals surface area contributed by atoms with E-state index in [0.29, 0.717) is 4.90 Å². The van der Waals surface area contributed by atoms with Crippen LogP contribution in [0, 0.1) is 13.8 Å². The number of hydrogen-bond acceptors (Lipinski definition) is 5. The predicted molar refractivity (Wildman–Crippen MR) is 165 cm³/mol. The second-order valence-corrected chi connectivity index (χ2v) is 15.9. The lowest BCUT2D eigenvalue weighted by molar-refractivity contribution is 0.573. The van der Waals surface area contributed by atoms with Gasteiger partial charge in [-0.15, -0.1) is 34.4 Å². The molecule has 0 saturated carbocycles. The summed E-state index contributed by atoms with van der Waals surface area (Å²) in [5, 5.41) is 0. The summed E-state index contributed by atoms with van der Waals surface area (Å²) in [6.45, 7) is 8.72. The van der Waals surface area contributed by atoms with Crippen molar-refractivity contribution >= 4 is 44.3 Å². The third-order valence-corrected chi connectivity index (χ3v) is 12.4. The van der Waals surface area contributed by atoms with Crippen molar-refractivity contribution in [3.8, 4) is 9.75 Å². The number of rotatable bonds is 21. The van der Waals surface area contributed by atoms with Gasteiger partial charge in [-0.25, -0.2) is 8.42 Å². The minimum absolute atomic E-state index is 0.273. The number of unbranched alkanes of at least 4 members (excludes halogenated alkanes) is 14. The van der Waals surface area contributed by atoms with Crippen molar-refractivity contribution in [1.82, 2.24) is 0 Å².